The van der Waals surface area contributed by atoms with Crippen LogP contribution in [-0.2, 0) is 9.53 Å². The van der Waals surface area contributed by atoms with Gasteiger partial charge in [-0.25, -0.2) is 0 Å². The highest BCUT2D eigenvalue weighted by atomic mass is 16.5. The first-order chi connectivity index (χ1) is 9.50. The van der Waals surface area contributed by atoms with E-state index in [1.54, 1.807) is 0 Å². The van der Waals surface area contributed by atoms with Gasteiger partial charge in [0.1, 0.15) is 0 Å². The highest BCUT2D eigenvalue weighted by molar-refractivity contribution is 5.71. The van der Waals surface area contributed by atoms with Crippen molar-refractivity contribution >= 4 is 5.97 Å². The average molecular weight is 284 g/mol. The number of carboxylic acid groups (broad SMARTS) is 1. The number of hydrogen-bond donors (Lipinski definition) is 1. The predicted molar refractivity (Wildman–Crippen MR) is 77.8 cm³/mol. The Balaban J connectivity index is 1.95. The van der Waals surface area contributed by atoms with Crippen molar-refractivity contribution in [3.05, 3.63) is 0 Å². The van der Waals surface area contributed by atoms with Crippen LogP contribution in [0, 0.1) is 5.92 Å². The van der Waals surface area contributed by atoms with E-state index in [1.807, 2.05) is 0 Å². The molecule has 0 radical (unpaired) electrons. The molecule has 0 saturated carbocycles. The lowest BCUT2D eigenvalue weighted by molar-refractivity contribution is -0.143. The van der Waals surface area contributed by atoms with E-state index in [4.69, 9.17) is 4.74 Å². The normalized spacial score (nSPS) is 32.8. The smallest absolute Gasteiger partial charge is 0.310 e. The molecule has 0 aromatic carbocycles. The van der Waals surface area contributed by atoms with Gasteiger partial charge in [-0.3, -0.25) is 9.69 Å². The second-order valence-corrected chi connectivity index (χ2v) is 6.43. The van der Waals surface area contributed by atoms with Crippen molar-refractivity contribution in [2.45, 2.75) is 51.2 Å². The molecule has 0 amide bonds. The lowest BCUT2D eigenvalue weighted by atomic mass is 9.98. The third-order valence-electron chi connectivity index (χ3n) is 4.93. The summed E-state index contributed by atoms with van der Waals surface area (Å²) in [4.78, 5) is 16.1. The van der Waals surface area contributed by atoms with Gasteiger partial charge in [0.25, 0.3) is 0 Å². The highest BCUT2D eigenvalue weighted by Crippen LogP contribution is 2.25. The molecule has 0 aromatic rings. The van der Waals surface area contributed by atoms with E-state index < -0.39 is 5.97 Å². The molecule has 2 saturated heterocycles. The summed E-state index contributed by atoms with van der Waals surface area (Å²) in [5, 5.41) is 9.29. The Labute approximate surface area is 121 Å². The van der Waals surface area contributed by atoms with Gasteiger partial charge >= 0.3 is 5.97 Å². The van der Waals surface area contributed by atoms with Gasteiger partial charge in [0, 0.05) is 18.1 Å². The SMILES string of the molecule is CC(C)N1CCCC(N(C)C2COCC2C(=O)O)CC1. The number of nitrogens with zero attached hydrogens (tertiary/aromatic N) is 2. The zero-order chi connectivity index (χ0) is 14.7. The lowest BCUT2D eigenvalue weighted by Gasteiger charge is -2.33. The van der Waals surface area contributed by atoms with Gasteiger partial charge in [-0.2, -0.15) is 0 Å². The molecule has 0 spiro atoms. The maximum atomic E-state index is 11.3. The molecule has 0 bridgehead atoms. The number of aliphatic carboxylic acids is 1. The van der Waals surface area contributed by atoms with Gasteiger partial charge in [0.15, 0.2) is 0 Å². The molecule has 2 rings (SSSR count). The average Bonchev–Trinajstić information content (AvgIpc) is 2.75. The molecule has 3 atom stereocenters. The van der Waals surface area contributed by atoms with Gasteiger partial charge in [0.05, 0.1) is 19.1 Å². The van der Waals surface area contributed by atoms with E-state index in [0.29, 0.717) is 25.3 Å². The van der Waals surface area contributed by atoms with E-state index in [1.165, 1.54) is 6.42 Å². The van der Waals surface area contributed by atoms with Crippen LogP contribution in [0.3, 0.4) is 0 Å². The molecular weight excluding hydrogens is 256 g/mol. The highest BCUT2D eigenvalue weighted by Gasteiger charge is 2.39. The minimum Gasteiger partial charge on any atom is -0.481 e. The number of likely N-dealkylation sites (tertiary alicyclic amines) is 1. The summed E-state index contributed by atoms with van der Waals surface area (Å²) in [5.74, 6) is -1.10. The topological polar surface area (TPSA) is 53.0 Å². The monoisotopic (exact) mass is 284 g/mol. The van der Waals surface area contributed by atoms with Gasteiger partial charge in [0.2, 0.25) is 0 Å². The summed E-state index contributed by atoms with van der Waals surface area (Å²) in [6, 6.07) is 1.11. The van der Waals surface area contributed by atoms with E-state index in [2.05, 4.69) is 30.7 Å². The van der Waals surface area contributed by atoms with Gasteiger partial charge in [-0.15, -0.1) is 0 Å². The fraction of sp³-hybridized carbons (Fsp3) is 0.933. The quantitative estimate of drug-likeness (QED) is 0.843. The Morgan fingerprint density at radius 3 is 2.70 bits per heavy atom. The van der Waals surface area contributed by atoms with E-state index >= 15 is 0 Å². The number of carbonyl (C=O) groups is 1. The molecule has 5 nitrogen and oxygen atoms in total. The van der Waals surface area contributed by atoms with Crippen molar-refractivity contribution in [3.8, 4) is 0 Å². The van der Waals surface area contributed by atoms with Crippen LogP contribution in [0.4, 0.5) is 0 Å². The predicted octanol–water partition coefficient (Wildman–Crippen LogP) is 1.28. The second-order valence-electron chi connectivity index (χ2n) is 6.43. The van der Waals surface area contributed by atoms with Crippen molar-refractivity contribution in [2.24, 2.45) is 5.92 Å². The Hall–Kier alpha value is -0.650. The van der Waals surface area contributed by atoms with Crippen LogP contribution in [0.15, 0.2) is 0 Å². The molecule has 2 heterocycles. The molecule has 0 aliphatic carbocycles. The first kappa shape index (κ1) is 15.7. The third kappa shape index (κ3) is 3.51. The summed E-state index contributed by atoms with van der Waals surface area (Å²) in [7, 11) is 2.07. The van der Waals surface area contributed by atoms with E-state index in [0.717, 1.165) is 25.9 Å². The second kappa shape index (κ2) is 6.87. The minimum absolute atomic E-state index is 0.0306. The summed E-state index contributed by atoms with van der Waals surface area (Å²) in [5.41, 5.74) is 0. The fourth-order valence-corrected chi connectivity index (χ4v) is 3.48. The minimum atomic E-state index is -0.725. The van der Waals surface area contributed by atoms with E-state index in [-0.39, 0.29) is 12.0 Å². The molecular formula is C15H28N2O3. The number of likely N-dealkylation sites (N-methyl/N-ethyl adjacent to an activating group) is 1. The lowest BCUT2D eigenvalue weighted by Crippen LogP contribution is -2.46. The van der Waals surface area contributed by atoms with Crippen molar-refractivity contribution < 1.29 is 14.6 Å². The van der Waals surface area contributed by atoms with Gasteiger partial charge in [-0.1, -0.05) is 0 Å². The standard InChI is InChI=1S/C15H28N2O3/c1-11(2)17-7-4-5-12(6-8-17)16(3)14-10-20-9-13(14)15(18)19/h11-14H,4-10H2,1-3H3,(H,18,19). The van der Waals surface area contributed by atoms with Crippen LogP contribution in [0.5, 0.6) is 0 Å². The molecule has 2 aliphatic rings. The summed E-state index contributed by atoms with van der Waals surface area (Å²) >= 11 is 0. The van der Waals surface area contributed by atoms with Crippen LogP contribution in [0.1, 0.15) is 33.1 Å². The fourth-order valence-electron chi connectivity index (χ4n) is 3.48. The van der Waals surface area contributed by atoms with Crippen LogP contribution in [0.2, 0.25) is 0 Å². The number of rotatable bonds is 4. The number of carboxylic acids is 1. The van der Waals surface area contributed by atoms with Crippen molar-refractivity contribution in [3.63, 3.8) is 0 Å². The zero-order valence-corrected chi connectivity index (χ0v) is 12.9. The Bertz CT molecular complexity index is 335. The molecule has 1 N–H and O–H groups in total. The molecule has 5 heteroatoms. The summed E-state index contributed by atoms with van der Waals surface area (Å²) < 4.78 is 5.40. The molecule has 116 valence electrons. The van der Waals surface area contributed by atoms with Crippen molar-refractivity contribution in [1.29, 1.82) is 0 Å². The molecule has 2 aliphatic heterocycles. The maximum absolute atomic E-state index is 11.3. The van der Waals surface area contributed by atoms with Crippen molar-refractivity contribution in [2.75, 3.05) is 33.4 Å². The summed E-state index contributed by atoms with van der Waals surface area (Å²) in [6.45, 7) is 7.67. The van der Waals surface area contributed by atoms with Crippen LogP contribution in [0.25, 0.3) is 0 Å². The Morgan fingerprint density at radius 1 is 1.30 bits per heavy atom. The molecule has 2 fully saturated rings. The van der Waals surface area contributed by atoms with Crippen molar-refractivity contribution in [1.82, 2.24) is 9.80 Å². The van der Waals surface area contributed by atoms with E-state index in [9.17, 15) is 9.90 Å². The number of ether oxygens (including phenoxy) is 1. The first-order valence-corrected chi connectivity index (χ1v) is 7.77. The maximum Gasteiger partial charge on any atom is 0.310 e. The van der Waals surface area contributed by atoms with Gasteiger partial charge in [-0.05, 0) is 53.2 Å². The Kier molecular flexibility index (Phi) is 5.41. The Morgan fingerprint density at radius 2 is 2.05 bits per heavy atom. The third-order valence-corrected chi connectivity index (χ3v) is 4.93. The first-order valence-electron chi connectivity index (χ1n) is 7.77. The molecule has 20 heavy (non-hydrogen) atoms. The van der Waals surface area contributed by atoms with Crippen LogP contribution >= 0.6 is 0 Å². The largest absolute Gasteiger partial charge is 0.481 e. The van der Waals surface area contributed by atoms with Crippen LogP contribution < -0.4 is 0 Å². The molecule has 3 unspecified atom stereocenters. The summed E-state index contributed by atoms with van der Waals surface area (Å²) in [6.07, 6.45) is 3.47. The van der Waals surface area contributed by atoms with Gasteiger partial charge < -0.3 is 14.7 Å². The molecule has 0 aromatic heterocycles. The van der Waals surface area contributed by atoms with Crippen LogP contribution in [-0.4, -0.2) is 72.4 Å². The number of hydrogen-bond acceptors (Lipinski definition) is 4. The zero-order valence-electron chi connectivity index (χ0n) is 12.9.